The van der Waals surface area contributed by atoms with Gasteiger partial charge < -0.3 is 10.6 Å². The number of fused-ring (bicyclic) bond motifs is 1. The average molecular weight is 275 g/mol. The van der Waals surface area contributed by atoms with Crippen LogP contribution in [0.3, 0.4) is 0 Å². The second-order valence-electron chi connectivity index (χ2n) is 4.95. The summed E-state index contributed by atoms with van der Waals surface area (Å²) in [6.45, 7) is 6.69. The van der Waals surface area contributed by atoms with Crippen molar-refractivity contribution in [3.63, 3.8) is 0 Å². The first kappa shape index (κ1) is 14.5. The predicted molar refractivity (Wildman–Crippen MR) is 77.6 cm³/mol. The molecule has 6 heteroatoms. The minimum absolute atomic E-state index is 0.0395. The maximum absolute atomic E-state index is 11.2. The summed E-state index contributed by atoms with van der Waals surface area (Å²) in [5, 5.41) is 10.4. The quantitative estimate of drug-likeness (QED) is 0.858. The molecule has 2 aromatic rings. The van der Waals surface area contributed by atoms with Crippen molar-refractivity contribution in [1.29, 1.82) is 0 Å². The van der Waals surface area contributed by atoms with Gasteiger partial charge in [0.25, 0.3) is 0 Å². The molecule has 2 rings (SSSR count). The smallest absolute Gasteiger partial charge is 0.221 e. The van der Waals surface area contributed by atoms with Crippen molar-refractivity contribution in [2.45, 2.75) is 33.2 Å². The van der Waals surface area contributed by atoms with Crippen molar-refractivity contribution in [2.24, 2.45) is 0 Å². The number of amides is 1. The number of hydrogen-bond donors (Lipinski definition) is 2. The monoisotopic (exact) mass is 275 g/mol. The van der Waals surface area contributed by atoms with Crippen LogP contribution in [0.25, 0.3) is 5.65 Å². The normalized spacial score (nSPS) is 12.6. The zero-order valence-corrected chi connectivity index (χ0v) is 12.4. The number of aryl methyl sites for hydroxylation is 2. The molecule has 2 N–H and O–H groups in total. The second kappa shape index (κ2) is 6.00. The van der Waals surface area contributed by atoms with Gasteiger partial charge in [0.1, 0.15) is 0 Å². The van der Waals surface area contributed by atoms with Crippen LogP contribution in [0.2, 0.25) is 0 Å². The molecule has 0 spiro atoms. The van der Waals surface area contributed by atoms with E-state index in [0.29, 0.717) is 13.0 Å². The Balaban J connectivity index is 2.11. The van der Waals surface area contributed by atoms with Crippen molar-refractivity contribution in [1.82, 2.24) is 25.2 Å². The fourth-order valence-corrected chi connectivity index (χ4v) is 2.24. The lowest BCUT2D eigenvalue weighted by molar-refractivity contribution is -0.120. The Labute approximate surface area is 118 Å². The topological polar surface area (TPSA) is 71.3 Å². The lowest BCUT2D eigenvalue weighted by atomic mass is 10.1. The van der Waals surface area contributed by atoms with E-state index in [1.54, 1.807) is 7.05 Å². The van der Waals surface area contributed by atoms with E-state index in [-0.39, 0.29) is 11.9 Å². The summed E-state index contributed by atoms with van der Waals surface area (Å²) in [7, 11) is 1.65. The SMILES string of the molecule is CNC(=O)CCNC(C)c1cnc2cc(C)nn2c1C. The number of carbonyl (C=O) groups is 1. The summed E-state index contributed by atoms with van der Waals surface area (Å²) in [6, 6.07) is 2.08. The van der Waals surface area contributed by atoms with Gasteiger partial charge in [0.2, 0.25) is 5.91 Å². The molecule has 0 saturated heterocycles. The number of nitrogens with zero attached hydrogens (tertiary/aromatic N) is 3. The minimum Gasteiger partial charge on any atom is -0.359 e. The van der Waals surface area contributed by atoms with Gasteiger partial charge in [-0.2, -0.15) is 5.10 Å². The largest absolute Gasteiger partial charge is 0.359 e. The molecule has 20 heavy (non-hydrogen) atoms. The van der Waals surface area contributed by atoms with E-state index in [0.717, 1.165) is 22.6 Å². The highest BCUT2D eigenvalue weighted by molar-refractivity contribution is 5.75. The third-order valence-electron chi connectivity index (χ3n) is 3.43. The molecule has 0 aliphatic rings. The van der Waals surface area contributed by atoms with Crippen molar-refractivity contribution < 1.29 is 4.79 Å². The molecule has 1 atom stereocenters. The molecule has 2 heterocycles. The summed E-state index contributed by atoms with van der Waals surface area (Å²) in [6.07, 6.45) is 2.35. The van der Waals surface area contributed by atoms with Gasteiger partial charge in [0.05, 0.1) is 5.69 Å². The molecule has 1 unspecified atom stereocenters. The number of nitrogens with one attached hydrogen (secondary N) is 2. The summed E-state index contributed by atoms with van der Waals surface area (Å²) in [4.78, 5) is 15.6. The highest BCUT2D eigenvalue weighted by Gasteiger charge is 2.12. The molecule has 108 valence electrons. The van der Waals surface area contributed by atoms with E-state index in [2.05, 4.69) is 27.6 Å². The molecule has 0 fully saturated rings. The van der Waals surface area contributed by atoms with Gasteiger partial charge in [0.15, 0.2) is 5.65 Å². The summed E-state index contributed by atoms with van der Waals surface area (Å²) in [5.41, 5.74) is 3.99. The molecule has 6 nitrogen and oxygen atoms in total. The maximum atomic E-state index is 11.2. The Bertz CT molecular complexity index is 619. The van der Waals surface area contributed by atoms with E-state index >= 15 is 0 Å². The molecule has 0 saturated carbocycles. The fraction of sp³-hybridized carbons (Fsp3) is 0.500. The van der Waals surface area contributed by atoms with E-state index in [9.17, 15) is 4.79 Å². The van der Waals surface area contributed by atoms with Gasteiger partial charge >= 0.3 is 0 Å². The number of hydrogen-bond acceptors (Lipinski definition) is 4. The molecular formula is C14H21N5O. The van der Waals surface area contributed by atoms with Crippen LogP contribution in [0.15, 0.2) is 12.3 Å². The van der Waals surface area contributed by atoms with Gasteiger partial charge in [-0.1, -0.05) is 0 Å². The van der Waals surface area contributed by atoms with E-state index in [4.69, 9.17) is 0 Å². The van der Waals surface area contributed by atoms with Crippen molar-refractivity contribution in [3.8, 4) is 0 Å². The molecule has 0 bridgehead atoms. The van der Waals surface area contributed by atoms with Crippen molar-refractivity contribution in [2.75, 3.05) is 13.6 Å². The van der Waals surface area contributed by atoms with Crippen molar-refractivity contribution >= 4 is 11.6 Å². The molecule has 0 aliphatic heterocycles. The van der Waals surface area contributed by atoms with E-state index < -0.39 is 0 Å². The molecule has 2 aromatic heterocycles. The molecule has 1 amide bonds. The highest BCUT2D eigenvalue weighted by atomic mass is 16.1. The van der Waals surface area contributed by atoms with Crippen LogP contribution in [-0.4, -0.2) is 34.1 Å². The van der Waals surface area contributed by atoms with Gasteiger partial charge in [-0.3, -0.25) is 4.79 Å². The Morgan fingerprint density at radius 3 is 2.90 bits per heavy atom. The van der Waals surface area contributed by atoms with Gasteiger partial charge in [-0.25, -0.2) is 9.50 Å². The summed E-state index contributed by atoms with van der Waals surface area (Å²) < 4.78 is 1.86. The molecular weight excluding hydrogens is 254 g/mol. The van der Waals surface area contributed by atoms with Gasteiger partial charge in [0, 0.05) is 49.6 Å². The zero-order chi connectivity index (χ0) is 14.7. The van der Waals surface area contributed by atoms with Gasteiger partial charge in [-0.05, 0) is 20.8 Å². The second-order valence-corrected chi connectivity index (χ2v) is 4.95. The number of aromatic nitrogens is 3. The lowest BCUT2D eigenvalue weighted by Gasteiger charge is -2.16. The summed E-state index contributed by atoms with van der Waals surface area (Å²) in [5.74, 6) is 0.0395. The highest BCUT2D eigenvalue weighted by Crippen LogP contribution is 2.17. The number of carbonyl (C=O) groups excluding carboxylic acids is 1. The van der Waals surface area contributed by atoms with Crippen LogP contribution >= 0.6 is 0 Å². The number of rotatable bonds is 5. The first-order valence-electron chi connectivity index (χ1n) is 6.78. The zero-order valence-electron chi connectivity index (χ0n) is 12.4. The molecule has 0 aromatic carbocycles. The Hall–Kier alpha value is -1.95. The van der Waals surface area contributed by atoms with E-state index in [1.807, 2.05) is 30.6 Å². The van der Waals surface area contributed by atoms with E-state index in [1.165, 1.54) is 0 Å². The third-order valence-corrected chi connectivity index (χ3v) is 3.43. The van der Waals surface area contributed by atoms with Crippen LogP contribution in [0.1, 0.15) is 36.3 Å². The standard InChI is InChI=1S/C14H21N5O/c1-9-7-13-17-8-12(11(3)19(13)18-9)10(2)16-6-5-14(20)15-4/h7-8,10,16H,5-6H2,1-4H3,(H,15,20). The Morgan fingerprint density at radius 1 is 1.45 bits per heavy atom. The minimum atomic E-state index is 0.0395. The molecule has 0 aliphatic carbocycles. The molecule has 0 radical (unpaired) electrons. The van der Waals surface area contributed by atoms with Crippen LogP contribution in [0.5, 0.6) is 0 Å². The van der Waals surface area contributed by atoms with Crippen LogP contribution < -0.4 is 10.6 Å². The Morgan fingerprint density at radius 2 is 2.20 bits per heavy atom. The lowest BCUT2D eigenvalue weighted by Crippen LogP contribution is -2.27. The van der Waals surface area contributed by atoms with Crippen molar-refractivity contribution in [3.05, 3.63) is 29.2 Å². The first-order chi connectivity index (χ1) is 9.52. The van der Waals surface area contributed by atoms with Crippen LogP contribution in [-0.2, 0) is 4.79 Å². The average Bonchev–Trinajstić information content (AvgIpc) is 2.80. The van der Waals surface area contributed by atoms with Gasteiger partial charge in [-0.15, -0.1) is 0 Å². The fourth-order valence-electron chi connectivity index (χ4n) is 2.24. The predicted octanol–water partition coefficient (Wildman–Crippen LogP) is 1.13. The third kappa shape index (κ3) is 2.96. The van der Waals surface area contributed by atoms with Crippen LogP contribution in [0, 0.1) is 13.8 Å². The van der Waals surface area contributed by atoms with Crippen LogP contribution in [0.4, 0.5) is 0 Å². The summed E-state index contributed by atoms with van der Waals surface area (Å²) >= 11 is 0. The maximum Gasteiger partial charge on any atom is 0.221 e. The first-order valence-corrected chi connectivity index (χ1v) is 6.78. The Kier molecular flexibility index (Phi) is 4.34.